The molecule has 0 radical (unpaired) electrons. The topological polar surface area (TPSA) is 55.9 Å². The fraction of sp³-hybridized carbons (Fsp3) is 0.600. The van der Waals surface area contributed by atoms with Gasteiger partial charge in [-0.15, -0.1) is 0 Å². The molecule has 3 rings (SSSR count). The Morgan fingerprint density at radius 1 is 1.45 bits per heavy atom. The van der Waals surface area contributed by atoms with Crippen LogP contribution in [-0.2, 0) is 19.5 Å². The van der Waals surface area contributed by atoms with Gasteiger partial charge in [0, 0.05) is 18.4 Å². The van der Waals surface area contributed by atoms with Gasteiger partial charge in [-0.3, -0.25) is 0 Å². The van der Waals surface area contributed by atoms with Crippen LogP contribution in [0.15, 0.2) is 16.5 Å². The molecular formula is C15H22N4O. The molecule has 0 aliphatic carbocycles. The summed E-state index contributed by atoms with van der Waals surface area (Å²) in [5, 5.41) is 8.15. The lowest BCUT2D eigenvalue weighted by Crippen LogP contribution is -2.37. The van der Waals surface area contributed by atoms with Crippen LogP contribution in [0, 0.1) is 6.92 Å². The molecule has 3 heterocycles. The van der Waals surface area contributed by atoms with Crippen molar-refractivity contribution in [1.29, 1.82) is 0 Å². The van der Waals surface area contributed by atoms with Crippen LogP contribution in [-0.4, -0.2) is 20.8 Å². The van der Waals surface area contributed by atoms with Crippen molar-refractivity contribution < 1.29 is 4.42 Å². The van der Waals surface area contributed by atoms with Crippen molar-refractivity contribution in [3.8, 4) is 0 Å². The largest absolute Gasteiger partial charge is 0.465 e. The Balaban J connectivity index is 1.60. The van der Waals surface area contributed by atoms with Gasteiger partial charge in [0.15, 0.2) is 5.82 Å². The average molecular weight is 274 g/mol. The molecule has 5 heteroatoms. The summed E-state index contributed by atoms with van der Waals surface area (Å²) in [4.78, 5) is 4.61. The minimum Gasteiger partial charge on any atom is -0.465 e. The van der Waals surface area contributed by atoms with Crippen LogP contribution < -0.4 is 5.32 Å². The summed E-state index contributed by atoms with van der Waals surface area (Å²) >= 11 is 0. The van der Waals surface area contributed by atoms with E-state index >= 15 is 0 Å². The summed E-state index contributed by atoms with van der Waals surface area (Å²) in [5.74, 6) is 4.44. The summed E-state index contributed by atoms with van der Waals surface area (Å²) in [7, 11) is 0. The van der Waals surface area contributed by atoms with E-state index in [0.717, 1.165) is 49.1 Å². The lowest BCUT2D eigenvalue weighted by molar-refractivity contribution is 0.342. The number of aryl methyl sites for hydroxylation is 2. The van der Waals surface area contributed by atoms with E-state index in [0.29, 0.717) is 12.0 Å². The molecule has 1 aliphatic heterocycles. The Labute approximate surface area is 119 Å². The first kappa shape index (κ1) is 13.4. The number of nitrogens with one attached hydrogen (secondary N) is 1. The van der Waals surface area contributed by atoms with Crippen LogP contribution in [0.3, 0.4) is 0 Å². The van der Waals surface area contributed by atoms with Crippen LogP contribution in [0.2, 0.25) is 0 Å². The third kappa shape index (κ3) is 2.77. The van der Waals surface area contributed by atoms with Gasteiger partial charge in [0.1, 0.15) is 17.3 Å². The number of hydrogen-bond acceptors (Lipinski definition) is 4. The van der Waals surface area contributed by atoms with E-state index < -0.39 is 0 Å². The summed E-state index contributed by atoms with van der Waals surface area (Å²) in [5.41, 5.74) is 0. The lowest BCUT2D eigenvalue weighted by atomic mass is 10.1. The number of rotatable bonds is 4. The van der Waals surface area contributed by atoms with E-state index in [2.05, 4.69) is 33.9 Å². The van der Waals surface area contributed by atoms with Gasteiger partial charge in [-0.2, -0.15) is 5.10 Å². The molecule has 2 aromatic rings. The van der Waals surface area contributed by atoms with E-state index in [9.17, 15) is 0 Å². The predicted octanol–water partition coefficient (Wildman–Crippen LogP) is 2.41. The van der Waals surface area contributed by atoms with Crippen molar-refractivity contribution >= 4 is 0 Å². The van der Waals surface area contributed by atoms with E-state index in [1.807, 2.05) is 19.1 Å². The van der Waals surface area contributed by atoms with E-state index in [1.165, 1.54) is 0 Å². The number of fused-ring (bicyclic) bond motifs is 1. The van der Waals surface area contributed by atoms with Crippen molar-refractivity contribution in [2.45, 2.75) is 58.7 Å². The zero-order valence-electron chi connectivity index (χ0n) is 12.4. The second-order valence-corrected chi connectivity index (χ2v) is 5.85. The van der Waals surface area contributed by atoms with Gasteiger partial charge in [-0.25, -0.2) is 9.67 Å². The fourth-order valence-electron chi connectivity index (χ4n) is 2.56. The molecule has 0 saturated heterocycles. The molecule has 20 heavy (non-hydrogen) atoms. The highest BCUT2D eigenvalue weighted by atomic mass is 16.3. The summed E-state index contributed by atoms with van der Waals surface area (Å²) in [6, 6.07) is 4.47. The first-order valence-electron chi connectivity index (χ1n) is 7.34. The maximum Gasteiger partial charge on any atom is 0.153 e. The standard InChI is InChI=1S/C15H22N4O/c1-10(2)15-17-14-7-5-12(9-19(14)18-15)16-8-13-6-4-11(3)20-13/h4,6,10,12,16H,5,7-9H2,1-3H3/t12-/m0/s1. The highest BCUT2D eigenvalue weighted by molar-refractivity contribution is 5.06. The summed E-state index contributed by atoms with van der Waals surface area (Å²) in [6.45, 7) is 7.92. The predicted molar refractivity (Wildman–Crippen MR) is 76.5 cm³/mol. The van der Waals surface area contributed by atoms with Crippen LogP contribution in [0.25, 0.3) is 0 Å². The fourth-order valence-corrected chi connectivity index (χ4v) is 2.56. The first-order valence-corrected chi connectivity index (χ1v) is 7.34. The molecule has 1 N–H and O–H groups in total. The Morgan fingerprint density at radius 3 is 3.00 bits per heavy atom. The van der Waals surface area contributed by atoms with Gasteiger partial charge in [-0.05, 0) is 25.5 Å². The van der Waals surface area contributed by atoms with Gasteiger partial charge in [0.2, 0.25) is 0 Å². The lowest BCUT2D eigenvalue weighted by Gasteiger charge is -2.23. The van der Waals surface area contributed by atoms with Crippen molar-refractivity contribution in [2.24, 2.45) is 0 Å². The third-order valence-corrected chi connectivity index (χ3v) is 3.75. The maximum atomic E-state index is 5.58. The average Bonchev–Trinajstić information content (AvgIpc) is 3.01. The van der Waals surface area contributed by atoms with Crippen LogP contribution in [0.1, 0.15) is 49.4 Å². The smallest absolute Gasteiger partial charge is 0.153 e. The van der Waals surface area contributed by atoms with Gasteiger partial charge >= 0.3 is 0 Å². The molecule has 1 aliphatic rings. The Hall–Kier alpha value is -1.62. The molecule has 108 valence electrons. The molecule has 1 atom stereocenters. The second kappa shape index (κ2) is 5.40. The number of hydrogen-bond donors (Lipinski definition) is 1. The third-order valence-electron chi connectivity index (χ3n) is 3.75. The zero-order chi connectivity index (χ0) is 14.1. The molecule has 0 amide bonds. The molecule has 2 aromatic heterocycles. The van der Waals surface area contributed by atoms with Gasteiger partial charge < -0.3 is 9.73 Å². The Morgan fingerprint density at radius 2 is 2.30 bits per heavy atom. The van der Waals surface area contributed by atoms with Crippen molar-refractivity contribution in [3.05, 3.63) is 35.3 Å². The molecule has 0 fully saturated rings. The maximum absolute atomic E-state index is 5.58. The van der Waals surface area contributed by atoms with Gasteiger partial charge in [-0.1, -0.05) is 13.8 Å². The van der Waals surface area contributed by atoms with Crippen molar-refractivity contribution in [3.63, 3.8) is 0 Å². The first-order chi connectivity index (χ1) is 9.61. The minimum atomic E-state index is 0.394. The molecule has 5 nitrogen and oxygen atoms in total. The van der Waals surface area contributed by atoms with Crippen LogP contribution in [0.4, 0.5) is 0 Å². The van der Waals surface area contributed by atoms with Gasteiger partial charge in [0.25, 0.3) is 0 Å². The van der Waals surface area contributed by atoms with Gasteiger partial charge in [0.05, 0.1) is 13.1 Å². The normalized spacial score (nSPS) is 18.5. The Bertz CT molecular complexity index is 584. The van der Waals surface area contributed by atoms with Crippen molar-refractivity contribution in [1.82, 2.24) is 20.1 Å². The Kier molecular flexibility index (Phi) is 3.61. The van der Waals surface area contributed by atoms with E-state index in [4.69, 9.17) is 4.42 Å². The van der Waals surface area contributed by atoms with E-state index in [1.54, 1.807) is 0 Å². The minimum absolute atomic E-state index is 0.394. The number of aromatic nitrogens is 3. The zero-order valence-corrected chi connectivity index (χ0v) is 12.4. The molecule has 0 unspecified atom stereocenters. The molecule has 0 saturated carbocycles. The number of nitrogens with zero attached hydrogens (tertiary/aromatic N) is 3. The molecule has 0 bridgehead atoms. The summed E-state index contributed by atoms with van der Waals surface area (Å²) < 4.78 is 7.64. The second-order valence-electron chi connectivity index (χ2n) is 5.85. The highest BCUT2D eigenvalue weighted by Crippen LogP contribution is 2.17. The quantitative estimate of drug-likeness (QED) is 0.930. The highest BCUT2D eigenvalue weighted by Gasteiger charge is 2.22. The summed E-state index contributed by atoms with van der Waals surface area (Å²) in [6.07, 6.45) is 2.10. The molecule has 0 aromatic carbocycles. The SMILES string of the molecule is Cc1ccc(CN[C@H]2CCc3nc(C(C)C)nn3C2)o1. The van der Waals surface area contributed by atoms with Crippen LogP contribution in [0.5, 0.6) is 0 Å². The van der Waals surface area contributed by atoms with Crippen molar-refractivity contribution in [2.75, 3.05) is 0 Å². The monoisotopic (exact) mass is 274 g/mol. The molecule has 0 spiro atoms. The number of furan rings is 1. The van der Waals surface area contributed by atoms with Crippen LogP contribution >= 0.6 is 0 Å². The molecular weight excluding hydrogens is 252 g/mol. The van der Waals surface area contributed by atoms with E-state index in [-0.39, 0.29) is 0 Å².